The highest BCUT2D eigenvalue weighted by molar-refractivity contribution is 5.28. The summed E-state index contributed by atoms with van der Waals surface area (Å²) in [5.74, 6) is 2.37. The smallest absolute Gasteiger partial charge is 0.266 e. The third-order valence-corrected chi connectivity index (χ3v) is 4.87. The summed E-state index contributed by atoms with van der Waals surface area (Å²) in [7, 11) is 0. The summed E-state index contributed by atoms with van der Waals surface area (Å²) in [5.41, 5.74) is 0. The monoisotopic (exact) mass is 292 g/mol. The van der Waals surface area contributed by atoms with Gasteiger partial charge in [-0.15, -0.1) is 0 Å². The van der Waals surface area contributed by atoms with Crippen molar-refractivity contribution in [2.45, 2.75) is 64.3 Å². The second-order valence-electron chi connectivity index (χ2n) is 6.49. The molecule has 0 spiro atoms. The molecule has 1 aromatic heterocycles. The van der Waals surface area contributed by atoms with E-state index in [1.54, 1.807) is 0 Å². The Balaban J connectivity index is 1.61. The Bertz CT molecular complexity index is 422. The minimum absolute atomic E-state index is 0.499. The lowest BCUT2D eigenvalue weighted by atomic mass is 9.95. The van der Waals surface area contributed by atoms with Gasteiger partial charge in [-0.05, 0) is 49.7 Å². The fourth-order valence-corrected chi connectivity index (χ4v) is 3.66. The summed E-state index contributed by atoms with van der Waals surface area (Å²) in [6, 6.07) is 0.499. The average Bonchev–Trinajstić information content (AvgIpc) is 3.24. The molecular formula is C16H28N4O. The zero-order valence-corrected chi connectivity index (χ0v) is 13.2. The van der Waals surface area contributed by atoms with Gasteiger partial charge in [0, 0.05) is 25.6 Å². The van der Waals surface area contributed by atoms with Crippen molar-refractivity contribution in [2.75, 3.05) is 24.5 Å². The van der Waals surface area contributed by atoms with Gasteiger partial charge >= 0.3 is 0 Å². The Labute approximate surface area is 127 Å². The predicted octanol–water partition coefficient (Wildman–Crippen LogP) is 2.77. The Morgan fingerprint density at radius 1 is 1.24 bits per heavy atom. The summed E-state index contributed by atoms with van der Waals surface area (Å²) in [6.45, 7) is 5.43. The van der Waals surface area contributed by atoms with Crippen LogP contribution < -0.4 is 10.2 Å². The molecule has 0 radical (unpaired) electrons. The van der Waals surface area contributed by atoms with E-state index in [-0.39, 0.29) is 0 Å². The maximum atomic E-state index is 5.50. The number of hydrogen-bond donors (Lipinski definition) is 1. The number of nitrogens with zero attached hydrogens (tertiary/aromatic N) is 3. The molecule has 118 valence electrons. The maximum Gasteiger partial charge on any atom is 0.266 e. The molecule has 1 aliphatic heterocycles. The van der Waals surface area contributed by atoms with Crippen LogP contribution >= 0.6 is 0 Å². The molecule has 2 fully saturated rings. The van der Waals surface area contributed by atoms with Crippen LogP contribution in [0.25, 0.3) is 0 Å². The number of anilines is 1. The van der Waals surface area contributed by atoms with Gasteiger partial charge in [-0.3, -0.25) is 0 Å². The predicted molar refractivity (Wildman–Crippen MR) is 83.5 cm³/mol. The van der Waals surface area contributed by atoms with E-state index in [4.69, 9.17) is 4.52 Å². The normalized spacial score (nSPS) is 21.3. The molecule has 0 amide bonds. The second-order valence-corrected chi connectivity index (χ2v) is 6.49. The summed E-state index contributed by atoms with van der Waals surface area (Å²) in [5, 5.41) is 7.87. The molecule has 0 aromatic carbocycles. The standard InChI is InChI=1S/C16H28N4O/c1-2-9-17-14(13-7-3-4-8-13)12-15-18-16(19-21-15)20-10-5-6-11-20/h13-14,17H,2-12H2,1H3. The zero-order valence-electron chi connectivity index (χ0n) is 13.2. The molecular weight excluding hydrogens is 264 g/mol. The first-order chi connectivity index (χ1) is 10.4. The lowest BCUT2D eigenvalue weighted by Crippen LogP contribution is -2.37. The minimum Gasteiger partial charge on any atom is -0.338 e. The molecule has 1 aromatic rings. The highest BCUT2D eigenvalue weighted by Crippen LogP contribution is 2.29. The number of nitrogens with one attached hydrogen (secondary N) is 1. The van der Waals surface area contributed by atoms with Crippen molar-refractivity contribution in [3.8, 4) is 0 Å². The van der Waals surface area contributed by atoms with Gasteiger partial charge in [0.2, 0.25) is 5.89 Å². The van der Waals surface area contributed by atoms with Gasteiger partial charge in [0.15, 0.2) is 0 Å². The molecule has 1 saturated carbocycles. The van der Waals surface area contributed by atoms with Gasteiger partial charge < -0.3 is 14.7 Å². The summed E-state index contributed by atoms with van der Waals surface area (Å²) >= 11 is 0. The van der Waals surface area contributed by atoms with Crippen LogP contribution in [0, 0.1) is 5.92 Å². The average molecular weight is 292 g/mol. The molecule has 1 saturated heterocycles. The number of aromatic nitrogens is 2. The van der Waals surface area contributed by atoms with Crippen LogP contribution in [0.4, 0.5) is 5.95 Å². The Hall–Kier alpha value is -1.10. The summed E-state index contributed by atoms with van der Waals surface area (Å²) in [6.07, 6.45) is 9.97. The van der Waals surface area contributed by atoms with Gasteiger partial charge in [-0.2, -0.15) is 4.98 Å². The van der Waals surface area contributed by atoms with Crippen LogP contribution in [0.3, 0.4) is 0 Å². The van der Waals surface area contributed by atoms with E-state index in [9.17, 15) is 0 Å². The highest BCUT2D eigenvalue weighted by atomic mass is 16.5. The molecule has 2 heterocycles. The van der Waals surface area contributed by atoms with Crippen LogP contribution in [-0.4, -0.2) is 35.8 Å². The van der Waals surface area contributed by atoms with E-state index in [0.29, 0.717) is 6.04 Å². The van der Waals surface area contributed by atoms with E-state index in [0.717, 1.165) is 43.8 Å². The molecule has 1 unspecified atom stereocenters. The van der Waals surface area contributed by atoms with Crippen molar-refractivity contribution >= 4 is 5.95 Å². The molecule has 5 heteroatoms. The molecule has 3 rings (SSSR count). The van der Waals surface area contributed by atoms with E-state index in [1.165, 1.54) is 44.9 Å². The SMILES string of the molecule is CCCNC(Cc1nc(N2CCCC2)no1)C1CCCC1. The van der Waals surface area contributed by atoms with Crippen LogP contribution in [0.5, 0.6) is 0 Å². The van der Waals surface area contributed by atoms with Crippen LogP contribution in [0.1, 0.15) is 57.8 Å². The van der Waals surface area contributed by atoms with Gasteiger partial charge in [-0.1, -0.05) is 19.8 Å². The van der Waals surface area contributed by atoms with Crippen molar-refractivity contribution in [1.29, 1.82) is 0 Å². The molecule has 21 heavy (non-hydrogen) atoms. The minimum atomic E-state index is 0.499. The Morgan fingerprint density at radius 3 is 2.71 bits per heavy atom. The van der Waals surface area contributed by atoms with E-state index in [1.807, 2.05) is 0 Å². The summed E-state index contributed by atoms with van der Waals surface area (Å²) < 4.78 is 5.50. The lowest BCUT2D eigenvalue weighted by Gasteiger charge is -2.23. The first-order valence-corrected chi connectivity index (χ1v) is 8.67. The molecule has 5 nitrogen and oxygen atoms in total. The van der Waals surface area contributed by atoms with Crippen molar-refractivity contribution in [3.63, 3.8) is 0 Å². The fraction of sp³-hybridized carbons (Fsp3) is 0.875. The molecule has 1 aliphatic carbocycles. The Kier molecular flexibility index (Phi) is 5.12. The van der Waals surface area contributed by atoms with Crippen LogP contribution in [-0.2, 0) is 6.42 Å². The fourth-order valence-electron chi connectivity index (χ4n) is 3.66. The highest BCUT2D eigenvalue weighted by Gasteiger charge is 2.27. The van der Waals surface area contributed by atoms with Gasteiger partial charge in [0.05, 0.1) is 0 Å². The molecule has 2 aliphatic rings. The topological polar surface area (TPSA) is 54.2 Å². The van der Waals surface area contributed by atoms with Gasteiger partial charge in [0.1, 0.15) is 0 Å². The van der Waals surface area contributed by atoms with Gasteiger partial charge in [-0.25, -0.2) is 0 Å². The van der Waals surface area contributed by atoms with E-state index in [2.05, 4.69) is 27.3 Å². The maximum absolute atomic E-state index is 5.50. The largest absolute Gasteiger partial charge is 0.338 e. The molecule has 0 bridgehead atoms. The van der Waals surface area contributed by atoms with Crippen molar-refractivity contribution in [2.24, 2.45) is 5.92 Å². The quantitative estimate of drug-likeness (QED) is 0.837. The third kappa shape index (κ3) is 3.76. The zero-order chi connectivity index (χ0) is 14.5. The van der Waals surface area contributed by atoms with E-state index < -0.39 is 0 Å². The summed E-state index contributed by atoms with van der Waals surface area (Å²) in [4.78, 5) is 6.85. The third-order valence-electron chi connectivity index (χ3n) is 4.87. The lowest BCUT2D eigenvalue weighted by molar-refractivity contribution is 0.308. The Morgan fingerprint density at radius 2 is 2.00 bits per heavy atom. The first-order valence-electron chi connectivity index (χ1n) is 8.67. The van der Waals surface area contributed by atoms with Crippen molar-refractivity contribution in [1.82, 2.24) is 15.5 Å². The number of hydrogen-bond acceptors (Lipinski definition) is 5. The first kappa shape index (κ1) is 14.8. The number of rotatable bonds is 7. The van der Waals surface area contributed by atoms with E-state index >= 15 is 0 Å². The van der Waals surface area contributed by atoms with Crippen molar-refractivity contribution in [3.05, 3.63) is 5.89 Å². The van der Waals surface area contributed by atoms with Crippen LogP contribution in [0.2, 0.25) is 0 Å². The second kappa shape index (κ2) is 7.25. The van der Waals surface area contributed by atoms with Gasteiger partial charge in [0.25, 0.3) is 5.95 Å². The van der Waals surface area contributed by atoms with Crippen molar-refractivity contribution < 1.29 is 4.52 Å². The molecule has 1 atom stereocenters. The van der Waals surface area contributed by atoms with Crippen LogP contribution in [0.15, 0.2) is 4.52 Å². The molecule has 1 N–H and O–H groups in total.